The summed E-state index contributed by atoms with van der Waals surface area (Å²) < 4.78 is 5.29. The highest BCUT2D eigenvalue weighted by molar-refractivity contribution is 5.48. The van der Waals surface area contributed by atoms with Gasteiger partial charge in [-0.25, -0.2) is 9.97 Å². The lowest BCUT2D eigenvalue weighted by Crippen LogP contribution is -2.31. The fraction of sp³-hybridized carbons (Fsp3) is 0.750. The lowest BCUT2D eigenvalue weighted by molar-refractivity contribution is 0.171. The van der Waals surface area contributed by atoms with Gasteiger partial charge < -0.3 is 15.4 Å². The highest BCUT2D eigenvalue weighted by Gasteiger charge is 2.15. The standard InChI is InChI=1S/C16H30N4O/c1-7-8-17-14-9-15(20-16(19-14)12(4)5)18-13(10-21-6)11(2)3/h9,11-13H,7-8,10H2,1-6H3,(H2,17,18,19,20). The molecule has 120 valence electrons. The summed E-state index contributed by atoms with van der Waals surface area (Å²) >= 11 is 0. The predicted octanol–water partition coefficient (Wildman–Crippen LogP) is 3.50. The van der Waals surface area contributed by atoms with Gasteiger partial charge in [0, 0.05) is 25.6 Å². The van der Waals surface area contributed by atoms with E-state index in [4.69, 9.17) is 4.74 Å². The molecule has 0 fully saturated rings. The van der Waals surface area contributed by atoms with Crippen LogP contribution in [-0.4, -0.2) is 36.3 Å². The Balaban J connectivity index is 2.95. The van der Waals surface area contributed by atoms with Gasteiger partial charge in [-0.2, -0.15) is 0 Å². The first-order valence-electron chi connectivity index (χ1n) is 7.86. The number of aromatic nitrogens is 2. The number of hydrogen-bond acceptors (Lipinski definition) is 5. The monoisotopic (exact) mass is 294 g/mol. The van der Waals surface area contributed by atoms with Gasteiger partial charge in [0.15, 0.2) is 0 Å². The maximum Gasteiger partial charge on any atom is 0.135 e. The average Bonchev–Trinajstić information content (AvgIpc) is 2.44. The topological polar surface area (TPSA) is 59.1 Å². The molecule has 1 rings (SSSR count). The van der Waals surface area contributed by atoms with E-state index in [-0.39, 0.29) is 6.04 Å². The van der Waals surface area contributed by atoms with E-state index in [1.165, 1.54) is 0 Å². The minimum Gasteiger partial charge on any atom is -0.383 e. The normalized spacial score (nSPS) is 12.8. The van der Waals surface area contributed by atoms with Gasteiger partial charge in [-0.05, 0) is 12.3 Å². The van der Waals surface area contributed by atoms with Crippen LogP contribution in [0.15, 0.2) is 6.07 Å². The van der Waals surface area contributed by atoms with Crippen LogP contribution in [0.25, 0.3) is 0 Å². The molecule has 0 aliphatic rings. The number of methoxy groups -OCH3 is 1. The molecule has 0 amide bonds. The van der Waals surface area contributed by atoms with Gasteiger partial charge in [-0.3, -0.25) is 0 Å². The number of anilines is 2. The molecule has 0 saturated carbocycles. The summed E-state index contributed by atoms with van der Waals surface area (Å²) in [4.78, 5) is 9.20. The van der Waals surface area contributed by atoms with E-state index in [1.807, 2.05) is 6.07 Å². The number of nitrogens with zero attached hydrogens (tertiary/aromatic N) is 2. The second kappa shape index (κ2) is 8.82. The minimum absolute atomic E-state index is 0.240. The molecule has 21 heavy (non-hydrogen) atoms. The molecule has 0 aliphatic heterocycles. The molecule has 0 bridgehead atoms. The molecule has 1 heterocycles. The molecule has 0 aromatic carbocycles. The third-order valence-corrected chi connectivity index (χ3v) is 3.30. The Morgan fingerprint density at radius 3 is 2.33 bits per heavy atom. The second-order valence-corrected chi connectivity index (χ2v) is 6.03. The number of ether oxygens (including phenoxy) is 1. The van der Waals surface area contributed by atoms with E-state index in [0.717, 1.165) is 30.4 Å². The highest BCUT2D eigenvalue weighted by Crippen LogP contribution is 2.19. The smallest absolute Gasteiger partial charge is 0.135 e. The van der Waals surface area contributed by atoms with Crippen LogP contribution >= 0.6 is 0 Å². The zero-order valence-corrected chi connectivity index (χ0v) is 14.2. The van der Waals surface area contributed by atoms with Crippen molar-refractivity contribution >= 4 is 11.6 Å². The fourth-order valence-electron chi connectivity index (χ4n) is 1.91. The third kappa shape index (κ3) is 5.87. The van der Waals surface area contributed by atoms with E-state index in [0.29, 0.717) is 18.4 Å². The Kier molecular flexibility index (Phi) is 7.43. The number of nitrogens with one attached hydrogen (secondary N) is 2. The van der Waals surface area contributed by atoms with Crippen LogP contribution in [0, 0.1) is 5.92 Å². The molecule has 1 aromatic heterocycles. The van der Waals surface area contributed by atoms with Crippen molar-refractivity contribution in [3.05, 3.63) is 11.9 Å². The van der Waals surface area contributed by atoms with E-state index in [1.54, 1.807) is 7.11 Å². The van der Waals surface area contributed by atoms with Gasteiger partial charge in [0.1, 0.15) is 17.5 Å². The summed E-state index contributed by atoms with van der Waals surface area (Å²) in [5, 5.41) is 6.82. The summed E-state index contributed by atoms with van der Waals surface area (Å²) in [7, 11) is 1.73. The van der Waals surface area contributed by atoms with E-state index in [2.05, 4.69) is 55.2 Å². The Morgan fingerprint density at radius 2 is 1.81 bits per heavy atom. The lowest BCUT2D eigenvalue weighted by Gasteiger charge is -2.23. The number of rotatable bonds is 9. The molecule has 0 spiro atoms. The maximum absolute atomic E-state index is 5.29. The van der Waals surface area contributed by atoms with Gasteiger partial charge in [-0.15, -0.1) is 0 Å². The van der Waals surface area contributed by atoms with Crippen LogP contribution < -0.4 is 10.6 Å². The van der Waals surface area contributed by atoms with Crippen LogP contribution in [0.5, 0.6) is 0 Å². The fourth-order valence-corrected chi connectivity index (χ4v) is 1.91. The van der Waals surface area contributed by atoms with Crippen molar-refractivity contribution in [3.63, 3.8) is 0 Å². The second-order valence-electron chi connectivity index (χ2n) is 6.03. The van der Waals surface area contributed by atoms with Crippen LogP contribution in [0.3, 0.4) is 0 Å². The van der Waals surface area contributed by atoms with Crippen molar-refractivity contribution < 1.29 is 4.74 Å². The summed E-state index contributed by atoms with van der Waals surface area (Å²) in [6.07, 6.45) is 1.07. The van der Waals surface area contributed by atoms with Gasteiger partial charge in [0.05, 0.1) is 12.6 Å². The van der Waals surface area contributed by atoms with E-state index in [9.17, 15) is 0 Å². The van der Waals surface area contributed by atoms with Crippen LogP contribution in [-0.2, 0) is 4.74 Å². The highest BCUT2D eigenvalue weighted by atomic mass is 16.5. The van der Waals surface area contributed by atoms with Crippen molar-refractivity contribution in [2.24, 2.45) is 5.92 Å². The molecule has 1 atom stereocenters. The van der Waals surface area contributed by atoms with Crippen molar-refractivity contribution in [2.45, 2.75) is 53.0 Å². The Bertz CT molecular complexity index is 421. The van der Waals surface area contributed by atoms with Crippen molar-refractivity contribution in [1.29, 1.82) is 0 Å². The van der Waals surface area contributed by atoms with Crippen LogP contribution in [0.1, 0.15) is 52.8 Å². The zero-order chi connectivity index (χ0) is 15.8. The molecular weight excluding hydrogens is 264 g/mol. The van der Waals surface area contributed by atoms with Gasteiger partial charge >= 0.3 is 0 Å². The lowest BCUT2D eigenvalue weighted by atomic mass is 10.1. The van der Waals surface area contributed by atoms with Crippen LogP contribution in [0.4, 0.5) is 11.6 Å². The molecule has 0 radical (unpaired) electrons. The maximum atomic E-state index is 5.29. The zero-order valence-electron chi connectivity index (χ0n) is 14.2. The van der Waals surface area contributed by atoms with Crippen molar-refractivity contribution in [1.82, 2.24) is 9.97 Å². The summed E-state index contributed by atoms with van der Waals surface area (Å²) in [6, 6.07) is 2.22. The van der Waals surface area contributed by atoms with E-state index >= 15 is 0 Å². The third-order valence-electron chi connectivity index (χ3n) is 3.30. The first-order valence-corrected chi connectivity index (χ1v) is 7.86. The molecule has 1 aromatic rings. The number of hydrogen-bond donors (Lipinski definition) is 2. The molecule has 5 nitrogen and oxygen atoms in total. The van der Waals surface area contributed by atoms with Gasteiger partial charge in [-0.1, -0.05) is 34.6 Å². The first kappa shape index (κ1) is 17.7. The van der Waals surface area contributed by atoms with E-state index < -0.39 is 0 Å². The summed E-state index contributed by atoms with van der Waals surface area (Å²) in [6.45, 7) is 12.3. The van der Waals surface area contributed by atoms with Gasteiger partial charge in [0.25, 0.3) is 0 Å². The molecule has 2 N–H and O–H groups in total. The summed E-state index contributed by atoms with van der Waals surface area (Å²) in [5.41, 5.74) is 0. The molecular formula is C16H30N4O. The average molecular weight is 294 g/mol. The van der Waals surface area contributed by atoms with Crippen molar-refractivity contribution in [2.75, 3.05) is 30.9 Å². The Labute approximate surface area is 128 Å². The Morgan fingerprint density at radius 1 is 1.14 bits per heavy atom. The first-order chi connectivity index (χ1) is 9.97. The summed E-state index contributed by atoms with van der Waals surface area (Å²) in [5.74, 6) is 3.38. The van der Waals surface area contributed by atoms with Crippen molar-refractivity contribution in [3.8, 4) is 0 Å². The molecule has 0 aliphatic carbocycles. The molecule has 1 unspecified atom stereocenters. The largest absolute Gasteiger partial charge is 0.383 e. The SMILES string of the molecule is CCCNc1cc(NC(COC)C(C)C)nc(C(C)C)n1. The molecule has 0 saturated heterocycles. The quantitative estimate of drug-likeness (QED) is 0.730. The van der Waals surface area contributed by atoms with Gasteiger partial charge in [0.2, 0.25) is 0 Å². The minimum atomic E-state index is 0.240. The molecule has 5 heteroatoms. The van der Waals surface area contributed by atoms with Crippen LogP contribution in [0.2, 0.25) is 0 Å². The Hall–Kier alpha value is -1.36. The predicted molar refractivity (Wildman–Crippen MR) is 89.0 cm³/mol.